The van der Waals surface area contributed by atoms with Gasteiger partial charge in [-0.15, -0.1) is 0 Å². The first-order valence-electron chi connectivity index (χ1n) is 6.26. The second-order valence-electron chi connectivity index (χ2n) is 5.08. The van der Waals surface area contributed by atoms with Gasteiger partial charge in [0.05, 0.1) is 24.7 Å². The van der Waals surface area contributed by atoms with Gasteiger partial charge in [-0.2, -0.15) is 0 Å². The molecular formula is C13H15NO5. The largest absolute Gasteiger partial charge is 0.323 e. The number of non-ortho nitro benzene ring substituents is 1. The Labute approximate surface area is 110 Å². The van der Waals surface area contributed by atoms with E-state index in [0.29, 0.717) is 25.4 Å². The average molecular weight is 265 g/mol. The van der Waals surface area contributed by atoms with Crippen LogP contribution in [0.1, 0.15) is 18.9 Å². The normalized spacial score (nSPS) is 33.3. The lowest BCUT2D eigenvalue weighted by Crippen LogP contribution is -2.58. The maximum Gasteiger partial charge on any atom is 0.312 e. The van der Waals surface area contributed by atoms with Crippen LogP contribution in [0.4, 0.5) is 5.69 Å². The molecule has 3 heterocycles. The zero-order valence-electron chi connectivity index (χ0n) is 10.6. The van der Waals surface area contributed by atoms with Crippen molar-refractivity contribution in [1.29, 1.82) is 0 Å². The molecule has 0 N–H and O–H groups in total. The van der Waals surface area contributed by atoms with Crippen LogP contribution in [0.15, 0.2) is 24.3 Å². The van der Waals surface area contributed by atoms with E-state index in [1.54, 1.807) is 12.1 Å². The molecule has 6 nitrogen and oxygen atoms in total. The summed E-state index contributed by atoms with van der Waals surface area (Å²) in [6, 6.07) is 6.08. The minimum Gasteiger partial charge on any atom is -0.323 e. The van der Waals surface area contributed by atoms with Gasteiger partial charge in [-0.1, -0.05) is 6.92 Å². The van der Waals surface area contributed by atoms with Crippen LogP contribution in [-0.4, -0.2) is 24.7 Å². The molecule has 4 rings (SSSR count). The SMILES string of the molecule is CCC12COC(c3ccc([N+](=O)[O-])cc3)(OC1)OC2. The van der Waals surface area contributed by atoms with Crippen molar-refractivity contribution in [3.8, 4) is 0 Å². The lowest BCUT2D eigenvalue weighted by Gasteiger charge is -2.51. The van der Waals surface area contributed by atoms with Crippen molar-refractivity contribution in [3.05, 3.63) is 39.9 Å². The summed E-state index contributed by atoms with van der Waals surface area (Å²) < 4.78 is 17.2. The highest BCUT2D eigenvalue weighted by atomic mass is 16.9. The van der Waals surface area contributed by atoms with Crippen LogP contribution in [0, 0.1) is 15.5 Å². The summed E-state index contributed by atoms with van der Waals surface area (Å²) in [5, 5.41) is 10.6. The van der Waals surface area contributed by atoms with E-state index in [0.717, 1.165) is 6.42 Å². The second-order valence-corrected chi connectivity index (χ2v) is 5.08. The molecule has 0 aromatic heterocycles. The van der Waals surface area contributed by atoms with Crippen LogP contribution in [-0.2, 0) is 20.2 Å². The minimum absolute atomic E-state index is 0.0367. The van der Waals surface area contributed by atoms with Gasteiger partial charge in [-0.05, 0) is 18.6 Å². The van der Waals surface area contributed by atoms with E-state index in [9.17, 15) is 10.1 Å². The predicted octanol–water partition coefficient (Wildman–Crippen LogP) is 2.18. The molecule has 1 aromatic carbocycles. The third kappa shape index (κ3) is 1.92. The first-order valence-corrected chi connectivity index (χ1v) is 6.26. The van der Waals surface area contributed by atoms with Crippen molar-refractivity contribution in [2.75, 3.05) is 19.8 Å². The molecule has 19 heavy (non-hydrogen) atoms. The number of hydrogen-bond acceptors (Lipinski definition) is 5. The van der Waals surface area contributed by atoms with Crippen molar-refractivity contribution in [3.63, 3.8) is 0 Å². The molecule has 3 aliphatic heterocycles. The second kappa shape index (κ2) is 4.26. The number of benzene rings is 1. The van der Waals surface area contributed by atoms with Crippen molar-refractivity contribution in [2.45, 2.75) is 19.3 Å². The fourth-order valence-corrected chi connectivity index (χ4v) is 2.34. The maximum absolute atomic E-state index is 10.6. The number of fused-ring (bicyclic) bond motifs is 3. The third-order valence-corrected chi connectivity index (χ3v) is 3.89. The maximum atomic E-state index is 10.6. The van der Waals surface area contributed by atoms with Crippen molar-refractivity contribution in [2.24, 2.45) is 5.41 Å². The van der Waals surface area contributed by atoms with E-state index >= 15 is 0 Å². The first kappa shape index (κ1) is 12.5. The minimum atomic E-state index is -1.19. The number of hydrogen-bond donors (Lipinski definition) is 0. The molecule has 0 spiro atoms. The van der Waals surface area contributed by atoms with Gasteiger partial charge in [0.2, 0.25) is 0 Å². The van der Waals surface area contributed by atoms with Gasteiger partial charge in [0.25, 0.3) is 5.69 Å². The molecule has 0 radical (unpaired) electrons. The lowest BCUT2D eigenvalue weighted by molar-refractivity contribution is -0.480. The first-order chi connectivity index (χ1) is 9.09. The Bertz CT molecular complexity index is 474. The molecular weight excluding hydrogens is 250 g/mol. The number of nitro benzene ring substituents is 1. The number of nitro groups is 1. The number of rotatable bonds is 3. The molecule has 0 atom stereocenters. The Kier molecular flexibility index (Phi) is 2.81. The summed E-state index contributed by atoms with van der Waals surface area (Å²) in [5.41, 5.74) is 0.639. The molecule has 0 amide bonds. The number of ether oxygens (including phenoxy) is 3. The van der Waals surface area contributed by atoms with Gasteiger partial charge in [0, 0.05) is 23.1 Å². The Morgan fingerprint density at radius 1 is 1.16 bits per heavy atom. The third-order valence-electron chi connectivity index (χ3n) is 3.89. The molecule has 0 saturated carbocycles. The highest BCUT2D eigenvalue weighted by Gasteiger charge is 2.52. The zero-order chi connectivity index (χ0) is 13.5. The van der Waals surface area contributed by atoms with E-state index in [2.05, 4.69) is 6.92 Å². The van der Waals surface area contributed by atoms with Crippen molar-refractivity contribution >= 4 is 5.69 Å². The van der Waals surface area contributed by atoms with Gasteiger partial charge in [0.15, 0.2) is 0 Å². The van der Waals surface area contributed by atoms with E-state index in [-0.39, 0.29) is 11.1 Å². The molecule has 3 aliphatic rings. The van der Waals surface area contributed by atoms with Crippen LogP contribution in [0.2, 0.25) is 0 Å². The monoisotopic (exact) mass is 265 g/mol. The Hall–Kier alpha value is -1.50. The van der Waals surface area contributed by atoms with Crippen molar-refractivity contribution < 1.29 is 19.1 Å². The van der Waals surface area contributed by atoms with Crippen LogP contribution >= 0.6 is 0 Å². The summed E-state index contributed by atoms with van der Waals surface area (Å²) in [6.45, 7) is 3.84. The van der Waals surface area contributed by atoms with Crippen LogP contribution < -0.4 is 0 Å². The van der Waals surface area contributed by atoms with Crippen LogP contribution in [0.5, 0.6) is 0 Å². The topological polar surface area (TPSA) is 70.8 Å². The Morgan fingerprint density at radius 2 is 1.68 bits per heavy atom. The molecule has 1 aromatic rings. The van der Waals surface area contributed by atoms with Crippen LogP contribution in [0.25, 0.3) is 0 Å². The fraction of sp³-hybridized carbons (Fsp3) is 0.538. The molecule has 2 bridgehead atoms. The molecule has 6 heteroatoms. The molecule has 0 aliphatic carbocycles. The van der Waals surface area contributed by atoms with Gasteiger partial charge in [-0.3, -0.25) is 10.1 Å². The molecule has 3 saturated heterocycles. The van der Waals surface area contributed by atoms with Crippen molar-refractivity contribution in [1.82, 2.24) is 0 Å². The van der Waals surface area contributed by atoms with Crippen LogP contribution in [0.3, 0.4) is 0 Å². The summed E-state index contributed by atoms with van der Waals surface area (Å²) in [6.07, 6.45) is 0.934. The van der Waals surface area contributed by atoms with Gasteiger partial charge < -0.3 is 14.2 Å². The predicted molar refractivity (Wildman–Crippen MR) is 65.4 cm³/mol. The lowest BCUT2D eigenvalue weighted by atomic mass is 9.85. The summed E-state index contributed by atoms with van der Waals surface area (Å²) in [4.78, 5) is 10.2. The van der Waals surface area contributed by atoms with Gasteiger partial charge in [-0.25, -0.2) is 0 Å². The quantitative estimate of drug-likeness (QED) is 0.618. The Balaban J connectivity index is 1.85. The Morgan fingerprint density at radius 3 is 2.11 bits per heavy atom. The smallest absolute Gasteiger partial charge is 0.312 e. The molecule has 3 fully saturated rings. The van der Waals surface area contributed by atoms with Gasteiger partial charge in [0.1, 0.15) is 0 Å². The fourth-order valence-electron chi connectivity index (χ4n) is 2.34. The van der Waals surface area contributed by atoms with E-state index < -0.39 is 10.9 Å². The molecule has 102 valence electrons. The van der Waals surface area contributed by atoms with Gasteiger partial charge >= 0.3 is 5.97 Å². The summed E-state index contributed by atoms with van der Waals surface area (Å²) >= 11 is 0. The highest BCUT2D eigenvalue weighted by molar-refractivity contribution is 5.34. The average Bonchev–Trinajstić information content (AvgIpc) is 2.49. The summed E-state index contributed by atoms with van der Waals surface area (Å²) in [7, 11) is 0. The highest BCUT2D eigenvalue weighted by Crippen LogP contribution is 2.45. The standard InChI is InChI=1S/C13H15NO5/c1-2-12-7-17-13(18-8-12,19-9-12)10-3-5-11(6-4-10)14(15)16/h3-6H,2,7-9H2,1H3. The molecule has 0 unspecified atom stereocenters. The van der Waals surface area contributed by atoms with E-state index in [1.165, 1.54) is 12.1 Å². The van der Waals surface area contributed by atoms with E-state index in [4.69, 9.17) is 14.2 Å². The summed E-state index contributed by atoms with van der Waals surface area (Å²) in [5.74, 6) is -1.19. The number of nitrogens with zero attached hydrogens (tertiary/aromatic N) is 1. The zero-order valence-corrected chi connectivity index (χ0v) is 10.6. The van der Waals surface area contributed by atoms with E-state index in [1.807, 2.05) is 0 Å².